The summed E-state index contributed by atoms with van der Waals surface area (Å²) >= 11 is 0. The Hall–Kier alpha value is -3.61. The normalized spacial score (nSPS) is 10.2. The quantitative estimate of drug-likeness (QED) is 0.721. The predicted molar refractivity (Wildman–Crippen MR) is 102 cm³/mol. The number of rotatable bonds is 6. The number of nitrogens with zero attached hydrogens (tertiary/aromatic N) is 2. The number of methoxy groups -OCH3 is 3. The third-order valence-electron chi connectivity index (χ3n) is 3.92. The maximum Gasteiger partial charge on any atom is 0.263 e. The van der Waals surface area contributed by atoms with Gasteiger partial charge in [-0.3, -0.25) is 4.79 Å². The Bertz CT molecular complexity index is 920. The van der Waals surface area contributed by atoms with Crippen LogP contribution in [0.25, 0.3) is 11.3 Å². The summed E-state index contributed by atoms with van der Waals surface area (Å²) in [4.78, 5) is 12.8. The Morgan fingerprint density at radius 1 is 0.852 bits per heavy atom. The maximum absolute atomic E-state index is 12.8. The average Bonchev–Trinajstić information content (AvgIpc) is 2.73. The van der Waals surface area contributed by atoms with Crippen LogP contribution in [-0.2, 0) is 0 Å². The number of anilines is 1. The summed E-state index contributed by atoms with van der Waals surface area (Å²) in [6.07, 6.45) is 0. The average molecular weight is 365 g/mol. The third kappa shape index (κ3) is 3.98. The molecule has 7 heteroatoms. The summed E-state index contributed by atoms with van der Waals surface area (Å²) in [5.74, 6) is 0.974. The lowest BCUT2D eigenvalue weighted by Crippen LogP contribution is -2.14. The van der Waals surface area contributed by atoms with Crippen LogP contribution in [-0.4, -0.2) is 37.4 Å². The first-order valence-corrected chi connectivity index (χ1v) is 8.16. The smallest absolute Gasteiger partial charge is 0.263 e. The molecule has 0 atom stereocenters. The van der Waals surface area contributed by atoms with Crippen molar-refractivity contribution in [2.75, 3.05) is 26.6 Å². The topological polar surface area (TPSA) is 82.6 Å². The largest absolute Gasteiger partial charge is 0.496 e. The summed E-state index contributed by atoms with van der Waals surface area (Å²) in [5, 5.41) is 11.0. The van der Waals surface area contributed by atoms with Gasteiger partial charge in [-0.15, -0.1) is 10.2 Å². The fourth-order valence-electron chi connectivity index (χ4n) is 2.61. The Morgan fingerprint density at radius 2 is 1.56 bits per heavy atom. The van der Waals surface area contributed by atoms with Crippen molar-refractivity contribution in [2.45, 2.75) is 0 Å². The van der Waals surface area contributed by atoms with Gasteiger partial charge >= 0.3 is 0 Å². The molecule has 3 rings (SSSR count). The monoisotopic (exact) mass is 365 g/mol. The summed E-state index contributed by atoms with van der Waals surface area (Å²) in [7, 11) is 4.55. The molecule has 7 nitrogen and oxygen atoms in total. The van der Waals surface area contributed by atoms with Gasteiger partial charge in [-0.1, -0.05) is 18.2 Å². The number of hydrogen-bond acceptors (Lipinski definition) is 6. The van der Waals surface area contributed by atoms with Crippen LogP contribution in [0.15, 0.2) is 54.6 Å². The predicted octanol–water partition coefficient (Wildman–Crippen LogP) is 3.42. The molecule has 0 aliphatic heterocycles. The third-order valence-corrected chi connectivity index (χ3v) is 3.92. The summed E-state index contributed by atoms with van der Waals surface area (Å²) < 4.78 is 15.6. The van der Waals surface area contributed by atoms with E-state index in [-0.39, 0.29) is 5.91 Å². The zero-order chi connectivity index (χ0) is 19.2. The van der Waals surface area contributed by atoms with Crippen molar-refractivity contribution in [1.82, 2.24) is 10.2 Å². The molecule has 0 bridgehead atoms. The minimum atomic E-state index is -0.331. The van der Waals surface area contributed by atoms with Crippen molar-refractivity contribution in [3.05, 3.63) is 60.2 Å². The molecule has 1 aromatic heterocycles. The Labute approximate surface area is 156 Å². The second kappa shape index (κ2) is 8.18. The van der Waals surface area contributed by atoms with E-state index in [0.717, 1.165) is 5.56 Å². The van der Waals surface area contributed by atoms with Crippen LogP contribution in [0.3, 0.4) is 0 Å². The fraction of sp³-hybridized carbons (Fsp3) is 0.150. The molecule has 0 saturated heterocycles. The van der Waals surface area contributed by atoms with Crippen molar-refractivity contribution >= 4 is 11.6 Å². The first-order chi connectivity index (χ1) is 13.2. The molecule has 27 heavy (non-hydrogen) atoms. The minimum absolute atomic E-state index is 0.331. The number of ether oxygens (including phenoxy) is 3. The lowest BCUT2D eigenvalue weighted by molar-refractivity contribution is 0.102. The van der Waals surface area contributed by atoms with Gasteiger partial charge < -0.3 is 19.5 Å². The van der Waals surface area contributed by atoms with Crippen LogP contribution >= 0.6 is 0 Å². The standard InChI is InChI=1S/C20H19N3O4/c1-25-16-8-5-9-17(26-2)19(16)20(24)21-14-7-4-6-13(12-14)15-10-11-18(27-3)23-22-15/h4-12H,1-3H3,(H,21,24). The first-order valence-electron chi connectivity index (χ1n) is 8.16. The van der Waals surface area contributed by atoms with Crippen molar-refractivity contribution in [3.63, 3.8) is 0 Å². The van der Waals surface area contributed by atoms with Crippen LogP contribution in [0, 0.1) is 0 Å². The highest BCUT2D eigenvalue weighted by molar-refractivity contribution is 6.08. The minimum Gasteiger partial charge on any atom is -0.496 e. The van der Waals surface area contributed by atoms with Gasteiger partial charge in [0.1, 0.15) is 17.1 Å². The van der Waals surface area contributed by atoms with E-state index in [1.54, 1.807) is 36.4 Å². The molecular formula is C20H19N3O4. The van der Waals surface area contributed by atoms with Crippen molar-refractivity contribution in [3.8, 4) is 28.6 Å². The van der Waals surface area contributed by atoms with Gasteiger partial charge in [0.05, 0.1) is 27.0 Å². The summed E-state index contributed by atoms with van der Waals surface area (Å²) in [6, 6.07) is 16.0. The zero-order valence-electron chi connectivity index (χ0n) is 15.2. The van der Waals surface area contributed by atoms with Gasteiger partial charge in [0.15, 0.2) is 0 Å². The van der Waals surface area contributed by atoms with Crippen molar-refractivity contribution in [2.24, 2.45) is 0 Å². The van der Waals surface area contributed by atoms with E-state index in [9.17, 15) is 4.79 Å². The van der Waals surface area contributed by atoms with Crippen LogP contribution in [0.1, 0.15) is 10.4 Å². The molecular weight excluding hydrogens is 346 g/mol. The van der Waals surface area contributed by atoms with Gasteiger partial charge in [-0.05, 0) is 30.3 Å². The number of carbonyl (C=O) groups is 1. The highest BCUT2D eigenvalue weighted by Gasteiger charge is 2.18. The van der Waals surface area contributed by atoms with Crippen LogP contribution in [0.4, 0.5) is 5.69 Å². The second-order valence-corrected chi connectivity index (χ2v) is 5.53. The SMILES string of the molecule is COc1ccc(-c2cccc(NC(=O)c3c(OC)cccc3OC)c2)nn1. The molecule has 138 valence electrons. The summed E-state index contributed by atoms with van der Waals surface area (Å²) in [5.41, 5.74) is 2.43. The van der Waals surface area contributed by atoms with Gasteiger partial charge in [-0.2, -0.15) is 0 Å². The molecule has 0 aliphatic rings. The molecule has 1 N–H and O–H groups in total. The Morgan fingerprint density at radius 3 is 2.15 bits per heavy atom. The van der Waals surface area contributed by atoms with Gasteiger partial charge in [0.2, 0.25) is 5.88 Å². The fourth-order valence-corrected chi connectivity index (χ4v) is 2.61. The lowest BCUT2D eigenvalue weighted by Gasteiger charge is -2.13. The van der Waals surface area contributed by atoms with E-state index in [4.69, 9.17) is 14.2 Å². The van der Waals surface area contributed by atoms with E-state index in [1.165, 1.54) is 21.3 Å². The van der Waals surface area contributed by atoms with E-state index in [0.29, 0.717) is 34.3 Å². The lowest BCUT2D eigenvalue weighted by atomic mass is 10.1. The summed E-state index contributed by atoms with van der Waals surface area (Å²) in [6.45, 7) is 0. The molecule has 0 spiro atoms. The first kappa shape index (κ1) is 18.2. The van der Waals surface area contributed by atoms with E-state index >= 15 is 0 Å². The Balaban J connectivity index is 1.87. The van der Waals surface area contributed by atoms with Gasteiger partial charge in [0, 0.05) is 17.3 Å². The number of amides is 1. The molecule has 1 amide bonds. The van der Waals surface area contributed by atoms with E-state index in [1.807, 2.05) is 18.2 Å². The highest BCUT2D eigenvalue weighted by atomic mass is 16.5. The molecule has 0 unspecified atom stereocenters. The van der Waals surface area contributed by atoms with Crippen molar-refractivity contribution < 1.29 is 19.0 Å². The van der Waals surface area contributed by atoms with Gasteiger partial charge in [-0.25, -0.2) is 0 Å². The molecule has 3 aromatic rings. The van der Waals surface area contributed by atoms with Crippen LogP contribution < -0.4 is 19.5 Å². The van der Waals surface area contributed by atoms with Gasteiger partial charge in [0.25, 0.3) is 5.91 Å². The maximum atomic E-state index is 12.8. The molecule has 0 aliphatic carbocycles. The molecule has 0 fully saturated rings. The molecule has 0 radical (unpaired) electrons. The molecule has 0 saturated carbocycles. The van der Waals surface area contributed by atoms with E-state index < -0.39 is 0 Å². The van der Waals surface area contributed by atoms with E-state index in [2.05, 4.69) is 15.5 Å². The molecule has 2 aromatic carbocycles. The number of nitrogens with one attached hydrogen (secondary N) is 1. The zero-order valence-corrected chi connectivity index (χ0v) is 15.2. The second-order valence-electron chi connectivity index (χ2n) is 5.53. The highest BCUT2D eigenvalue weighted by Crippen LogP contribution is 2.29. The molecule has 1 heterocycles. The van der Waals surface area contributed by atoms with Crippen LogP contribution in [0.2, 0.25) is 0 Å². The van der Waals surface area contributed by atoms with Crippen molar-refractivity contribution in [1.29, 1.82) is 0 Å². The number of aromatic nitrogens is 2. The number of hydrogen-bond donors (Lipinski definition) is 1. The number of benzene rings is 2. The Kier molecular flexibility index (Phi) is 5.51. The van der Waals surface area contributed by atoms with Crippen LogP contribution in [0.5, 0.6) is 17.4 Å². The number of carbonyl (C=O) groups excluding carboxylic acids is 1.